The summed E-state index contributed by atoms with van der Waals surface area (Å²) in [4.78, 5) is 19.0. The Bertz CT molecular complexity index is 1260. The lowest BCUT2D eigenvalue weighted by molar-refractivity contribution is 0.102. The van der Waals surface area contributed by atoms with Crippen LogP contribution in [0.25, 0.3) is 22.0 Å². The molecule has 0 aliphatic carbocycles. The van der Waals surface area contributed by atoms with Gasteiger partial charge < -0.3 is 19.8 Å². The maximum absolute atomic E-state index is 14.9. The van der Waals surface area contributed by atoms with Gasteiger partial charge in [-0.05, 0) is 24.8 Å². The zero-order valence-corrected chi connectivity index (χ0v) is 18.7. The SMILES string of the molecule is CCOC(=O)Oc1nc(CNc2n[nH]c3c(F)c(Cl)c(-c4ccccc4)cc23)[nH]c1SC. The summed E-state index contributed by atoms with van der Waals surface area (Å²) >= 11 is 7.62. The highest BCUT2D eigenvalue weighted by molar-refractivity contribution is 7.98. The zero-order chi connectivity index (χ0) is 22.7. The molecule has 4 rings (SSSR count). The first kappa shape index (κ1) is 22.0. The normalized spacial score (nSPS) is 11.0. The number of hydrogen-bond donors (Lipinski definition) is 3. The fraction of sp³-hybridized carbons (Fsp3) is 0.190. The lowest BCUT2D eigenvalue weighted by Gasteiger charge is -2.07. The van der Waals surface area contributed by atoms with Crippen LogP contribution >= 0.6 is 23.4 Å². The van der Waals surface area contributed by atoms with Crippen LogP contribution in [0.2, 0.25) is 5.02 Å². The number of fused-ring (bicyclic) bond motifs is 1. The average molecular weight is 476 g/mol. The molecule has 11 heteroatoms. The number of rotatable bonds is 7. The second-order valence-corrected chi connectivity index (χ2v) is 7.77. The topological polar surface area (TPSA) is 105 Å². The van der Waals surface area contributed by atoms with Gasteiger partial charge in [-0.1, -0.05) is 41.9 Å². The lowest BCUT2D eigenvalue weighted by atomic mass is 10.0. The van der Waals surface area contributed by atoms with E-state index in [4.69, 9.17) is 21.1 Å². The molecule has 2 aromatic carbocycles. The number of anilines is 1. The molecule has 0 spiro atoms. The predicted octanol–water partition coefficient (Wildman–Crippen LogP) is 5.61. The highest BCUT2D eigenvalue weighted by Crippen LogP contribution is 2.37. The predicted molar refractivity (Wildman–Crippen MR) is 122 cm³/mol. The Labute approximate surface area is 191 Å². The molecule has 3 N–H and O–H groups in total. The first-order valence-corrected chi connectivity index (χ1v) is 11.2. The maximum Gasteiger partial charge on any atom is 0.515 e. The van der Waals surface area contributed by atoms with E-state index < -0.39 is 12.0 Å². The molecule has 0 saturated heterocycles. The van der Waals surface area contributed by atoms with Crippen LogP contribution in [-0.2, 0) is 11.3 Å². The van der Waals surface area contributed by atoms with Crippen LogP contribution in [-0.4, -0.2) is 39.2 Å². The number of aromatic nitrogens is 4. The van der Waals surface area contributed by atoms with Crippen molar-refractivity contribution in [1.29, 1.82) is 0 Å². The molecule has 166 valence electrons. The van der Waals surface area contributed by atoms with Crippen molar-refractivity contribution in [2.45, 2.75) is 18.5 Å². The number of H-pyrrole nitrogens is 2. The van der Waals surface area contributed by atoms with Crippen molar-refractivity contribution in [1.82, 2.24) is 20.2 Å². The number of hydrogen-bond acceptors (Lipinski definition) is 7. The van der Waals surface area contributed by atoms with Crippen molar-refractivity contribution in [2.75, 3.05) is 18.2 Å². The number of halogens is 2. The molecule has 2 heterocycles. The Hall–Kier alpha value is -3.24. The zero-order valence-electron chi connectivity index (χ0n) is 17.2. The van der Waals surface area contributed by atoms with Crippen molar-refractivity contribution in [2.24, 2.45) is 0 Å². The molecule has 0 fully saturated rings. The first-order valence-electron chi connectivity index (χ1n) is 9.64. The highest BCUT2D eigenvalue weighted by Gasteiger charge is 2.19. The molecule has 0 radical (unpaired) electrons. The van der Waals surface area contributed by atoms with Crippen LogP contribution in [0.15, 0.2) is 41.4 Å². The number of aromatic amines is 2. The second-order valence-electron chi connectivity index (χ2n) is 6.57. The van der Waals surface area contributed by atoms with E-state index in [-0.39, 0.29) is 29.6 Å². The van der Waals surface area contributed by atoms with Crippen molar-refractivity contribution >= 4 is 46.2 Å². The Morgan fingerprint density at radius 1 is 1.31 bits per heavy atom. The quantitative estimate of drug-likeness (QED) is 0.235. The Morgan fingerprint density at radius 2 is 2.09 bits per heavy atom. The van der Waals surface area contributed by atoms with E-state index in [0.29, 0.717) is 27.6 Å². The van der Waals surface area contributed by atoms with Gasteiger partial charge in [-0.3, -0.25) is 5.10 Å². The Balaban J connectivity index is 1.60. The van der Waals surface area contributed by atoms with E-state index in [2.05, 4.69) is 25.5 Å². The van der Waals surface area contributed by atoms with E-state index in [1.54, 1.807) is 13.0 Å². The minimum absolute atomic E-state index is 0.0234. The summed E-state index contributed by atoms with van der Waals surface area (Å²) in [6, 6.07) is 11.1. The molecular weight excluding hydrogens is 457 g/mol. The fourth-order valence-electron chi connectivity index (χ4n) is 3.13. The number of nitrogens with zero attached hydrogens (tertiary/aromatic N) is 2. The number of benzene rings is 2. The minimum atomic E-state index is -0.826. The monoisotopic (exact) mass is 475 g/mol. The summed E-state index contributed by atoms with van der Waals surface area (Å²) in [6.07, 6.45) is 0.995. The molecule has 0 amide bonds. The summed E-state index contributed by atoms with van der Waals surface area (Å²) in [5, 5.41) is 11.1. The van der Waals surface area contributed by atoms with E-state index in [0.717, 1.165) is 5.56 Å². The standard InChI is InChI=1S/C21H19ClFN5O3S/c1-3-30-21(29)31-19-20(32-2)26-14(25-19)10-24-18-13-9-12(11-7-5-4-6-8-11)15(22)16(23)17(13)27-28-18/h4-9H,3,10H2,1-2H3,(H,25,26)(H2,24,27,28). The van der Waals surface area contributed by atoms with Gasteiger partial charge in [-0.15, -0.1) is 11.8 Å². The summed E-state index contributed by atoms with van der Waals surface area (Å²) in [5.41, 5.74) is 1.56. The number of imidazole rings is 1. The van der Waals surface area contributed by atoms with Gasteiger partial charge in [-0.25, -0.2) is 9.18 Å². The molecule has 0 atom stereocenters. The van der Waals surface area contributed by atoms with Gasteiger partial charge in [0, 0.05) is 10.9 Å². The summed E-state index contributed by atoms with van der Waals surface area (Å²) in [5.74, 6) is 0.491. The van der Waals surface area contributed by atoms with Crippen LogP contribution in [0.4, 0.5) is 15.0 Å². The van der Waals surface area contributed by atoms with Gasteiger partial charge in [0.05, 0.1) is 18.2 Å². The number of carbonyl (C=O) groups excluding carboxylic acids is 1. The van der Waals surface area contributed by atoms with Crippen LogP contribution in [0.1, 0.15) is 12.7 Å². The molecule has 8 nitrogen and oxygen atoms in total. The van der Waals surface area contributed by atoms with E-state index in [1.165, 1.54) is 11.8 Å². The van der Waals surface area contributed by atoms with Crippen LogP contribution in [0, 0.1) is 5.82 Å². The van der Waals surface area contributed by atoms with Crippen molar-refractivity contribution in [3.05, 3.63) is 53.1 Å². The number of carbonyl (C=O) groups is 1. The average Bonchev–Trinajstić information content (AvgIpc) is 3.39. The largest absolute Gasteiger partial charge is 0.515 e. The van der Waals surface area contributed by atoms with E-state index in [1.807, 2.05) is 36.6 Å². The molecule has 0 unspecified atom stereocenters. The number of ether oxygens (including phenoxy) is 2. The molecule has 0 aliphatic rings. The highest BCUT2D eigenvalue weighted by atomic mass is 35.5. The van der Waals surface area contributed by atoms with Gasteiger partial charge in [0.25, 0.3) is 5.88 Å². The lowest BCUT2D eigenvalue weighted by Crippen LogP contribution is -2.10. The van der Waals surface area contributed by atoms with Crippen molar-refractivity contribution in [3.8, 4) is 17.0 Å². The number of nitrogens with one attached hydrogen (secondary N) is 3. The summed E-state index contributed by atoms with van der Waals surface area (Å²) in [7, 11) is 0. The third kappa shape index (κ3) is 4.37. The van der Waals surface area contributed by atoms with Gasteiger partial charge >= 0.3 is 6.16 Å². The summed E-state index contributed by atoms with van der Waals surface area (Å²) in [6.45, 7) is 2.11. The number of thioether (sulfide) groups is 1. The molecule has 2 aromatic heterocycles. The van der Waals surface area contributed by atoms with E-state index >= 15 is 0 Å². The van der Waals surface area contributed by atoms with E-state index in [9.17, 15) is 9.18 Å². The van der Waals surface area contributed by atoms with Crippen molar-refractivity contribution < 1.29 is 18.7 Å². The maximum atomic E-state index is 14.9. The van der Waals surface area contributed by atoms with Crippen LogP contribution < -0.4 is 10.1 Å². The van der Waals surface area contributed by atoms with Gasteiger partial charge in [0.1, 0.15) is 16.4 Å². The first-order chi connectivity index (χ1) is 15.5. The van der Waals surface area contributed by atoms with Crippen LogP contribution in [0.5, 0.6) is 5.88 Å². The third-order valence-electron chi connectivity index (χ3n) is 4.58. The third-order valence-corrected chi connectivity index (χ3v) is 5.64. The van der Waals surface area contributed by atoms with Gasteiger partial charge in [0.2, 0.25) is 0 Å². The smallest absolute Gasteiger partial charge is 0.434 e. The molecule has 0 bridgehead atoms. The van der Waals surface area contributed by atoms with Crippen LogP contribution in [0.3, 0.4) is 0 Å². The Morgan fingerprint density at radius 3 is 2.81 bits per heavy atom. The van der Waals surface area contributed by atoms with Gasteiger partial charge in [0.15, 0.2) is 11.6 Å². The van der Waals surface area contributed by atoms with Crippen molar-refractivity contribution in [3.63, 3.8) is 0 Å². The minimum Gasteiger partial charge on any atom is -0.434 e. The molecule has 0 saturated carbocycles. The Kier molecular flexibility index (Phi) is 6.52. The van der Waals surface area contributed by atoms with Gasteiger partial charge in [-0.2, -0.15) is 10.1 Å². The second kappa shape index (κ2) is 9.49. The fourth-order valence-corrected chi connectivity index (χ4v) is 3.87. The molecular formula is C21H19ClFN5O3S. The molecule has 0 aliphatic heterocycles. The molecule has 32 heavy (non-hydrogen) atoms. The summed E-state index contributed by atoms with van der Waals surface area (Å²) < 4.78 is 24.8. The molecule has 4 aromatic rings.